The number of nitrogens with zero attached hydrogens (tertiary/aromatic N) is 7. The molecule has 0 saturated carbocycles. The number of H-pyrrole nitrogens is 1. The summed E-state index contributed by atoms with van der Waals surface area (Å²) in [4.78, 5) is 11.3. The number of methoxy groups -OCH3 is 1. The fourth-order valence-electron chi connectivity index (χ4n) is 6.26. The van der Waals surface area contributed by atoms with E-state index in [1.165, 1.54) is 49.6 Å². The van der Waals surface area contributed by atoms with Gasteiger partial charge in [-0.2, -0.15) is 23.5 Å². The summed E-state index contributed by atoms with van der Waals surface area (Å²) in [5.74, 6) is -3.49. The van der Waals surface area contributed by atoms with Gasteiger partial charge in [-0.05, 0) is 88.3 Å². The summed E-state index contributed by atoms with van der Waals surface area (Å²) in [6, 6.07) is 14.2. The van der Waals surface area contributed by atoms with Crippen molar-refractivity contribution in [3.05, 3.63) is 90.5 Å². The van der Waals surface area contributed by atoms with Gasteiger partial charge in [0.2, 0.25) is 11.9 Å². The third-order valence-corrected chi connectivity index (χ3v) is 12.7. The van der Waals surface area contributed by atoms with Gasteiger partial charge in [0.15, 0.2) is 0 Å². The molecule has 36 heteroatoms. The first kappa shape index (κ1) is 66.9. The number of hydrogen-bond acceptors (Lipinski definition) is 25. The number of ether oxygens (including phenoxy) is 1. The molecule has 7 aromatic rings. The van der Waals surface area contributed by atoms with Gasteiger partial charge in [-0.1, -0.05) is 35.4 Å². The van der Waals surface area contributed by atoms with Gasteiger partial charge in [0.05, 0.1) is 52.0 Å². The molecule has 0 saturated heterocycles. The molecule has 0 bridgehead atoms. The van der Waals surface area contributed by atoms with Gasteiger partial charge in [0, 0.05) is 11.4 Å². The molecule has 1 heterocycles. The third-order valence-electron chi connectivity index (χ3n) is 9.32. The maximum Gasteiger partial charge on any atom is 2.00 e. The average molecular weight is 1180 g/mol. The SMILES string of the molecule is COc1ccc(N=Nc2c(S(=O)(=O)[O-])cc3cc(Nc4nc(=NCCO)nc(Nc5ccc6c([O-])c(N=Nc7cc(S(=O)(=O)[O-])ccc7[O-])c(S(=O)(=O)O)cc6c5)[nH]4)ccc3c2[O-])c(S(=O)(=O)[O-])c1.[Cu+2].[Na+].[Na+].[Na+].[Na+]. The van der Waals surface area contributed by atoms with Crippen LogP contribution in [-0.2, 0) is 57.5 Å². The van der Waals surface area contributed by atoms with Crippen molar-refractivity contribution in [3.63, 3.8) is 0 Å². The molecule has 0 unspecified atom stereocenters. The maximum absolute atomic E-state index is 13.6. The summed E-state index contributed by atoms with van der Waals surface area (Å²) in [5, 5.41) is 68.1. The van der Waals surface area contributed by atoms with E-state index in [2.05, 4.69) is 51.0 Å². The molecule has 6 aromatic carbocycles. The van der Waals surface area contributed by atoms with Crippen LogP contribution in [0.25, 0.3) is 21.5 Å². The topological polar surface area (TPSA) is 452 Å². The number of benzene rings is 6. The molecule has 27 nitrogen and oxygen atoms in total. The van der Waals surface area contributed by atoms with Crippen LogP contribution in [0.5, 0.6) is 23.0 Å². The number of fused-ring (bicyclic) bond motifs is 2. The molecule has 1 aromatic heterocycles. The molecule has 0 atom stereocenters. The van der Waals surface area contributed by atoms with E-state index < -0.39 is 107 Å². The normalized spacial score (nSPS) is 12.1. The Morgan fingerprint density at radius 1 is 0.608 bits per heavy atom. The molecule has 74 heavy (non-hydrogen) atoms. The number of hydrogen-bond donors (Lipinski definition) is 5. The molecule has 0 aliphatic carbocycles. The quantitative estimate of drug-likeness (QED) is 0.0361. The second-order valence-electron chi connectivity index (χ2n) is 13.9. The molecule has 0 amide bonds. The molecule has 0 spiro atoms. The minimum absolute atomic E-state index is 0. The van der Waals surface area contributed by atoms with Gasteiger partial charge in [-0.15, -0.1) is 15.3 Å². The number of aromatic nitrogens is 3. The Morgan fingerprint density at radius 2 is 1.11 bits per heavy atom. The molecule has 0 aliphatic heterocycles. The van der Waals surface area contributed by atoms with Crippen LogP contribution in [0.3, 0.4) is 0 Å². The Bertz CT molecular complexity index is 3880. The molecule has 5 N–H and O–H groups in total. The fraction of sp³-hybridized carbons (Fsp3) is 0.0789. The van der Waals surface area contributed by atoms with Crippen LogP contribution < -0.4 is 155 Å². The van der Waals surface area contributed by atoms with Crippen LogP contribution in [0.1, 0.15) is 0 Å². The zero-order valence-electron chi connectivity index (χ0n) is 38.6. The fourth-order valence-corrected chi connectivity index (χ4v) is 8.67. The van der Waals surface area contributed by atoms with Crippen LogP contribution in [0.4, 0.5) is 46.0 Å². The Balaban J connectivity index is 0.00000375. The van der Waals surface area contributed by atoms with Crippen molar-refractivity contribution >= 4 is 108 Å². The van der Waals surface area contributed by atoms with Gasteiger partial charge in [-0.3, -0.25) is 9.54 Å². The minimum Gasteiger partial charge on any atom is -0.871 e. The Labute approximate surface area is 518 Å². The van der Waals surface area contributed by atoms with E-state index >= 15 is 0 Å². The molecule has 0 aliphatic rings. The number of azo groups is 2. The van der Waals surface area contributed by atoms with E-state index in [1.807, 2.05) is 0 Å². The largest absolute Gasteiger partial charge is 2.00 e. The van der Waals surface area contributed by atoms with Crippen LogP contribution in [0.2, 0.25) is 0 Å². The van der Waals surface area contributed by atoms with Crippen molar-refractivity contribution < 1.29 is 212 Å². The van der Waals surface area contributed by atoms with Crippen molar-refractivity contribution in [2.24, 2.45) is 25.4 Å². The maximum atomic E-state index is 13.6. The van der Waals surface area contributed by atoms with Crippen molar-refractivity contribution in [2.75, 3.05) is 30.9 Å². The Hall–Kier alpha value is -3.23. The number of nitrogens with one attached hydrogen (secondary N) is 3. The average Bonchev–Trinajstić information content (AvgIpc) is 3.26. The summed E-state index contributed by atoms with van der Waals surface area (Å²) < 4.78 is 147. The van der Waals surface area contributed by atoms with E-state index in [9.17, 15) is 72.3 Å². The summed E-state index contributed by atoms with van der Waals surface area (Å²) in [5.41, 5.74) is -3.30. The number of aliphatic hydroxyl groups is 1. The minimum atomic E-state index is -5.47. The summed E-state index contributed by atoms with van der Waals surface area (Å²) in [7, 11) is -19.8. The van der Waals surface area contributed by atoms with Crippen molar-refractivity contribution in [2.45, 2.75) is 19.6 Å². The summed E-state index contributed by atoms with van der Waals surface area (Å²) >= 11 is 0. The monoisotopic (exact) mass is 1180 g/mol. The first-order chi connectivity index (χ1) is 32.3. The van der Waals surface area contributed by atoms with E-state index in [0.29, 0.717) is 18.2 Å². The van der Waals surface area contributed by atoms with Crippen LogP contribution in [-0.4, -0.2) is 92.2 Å². The van der Waals surface area contributed by atoms with E-state index in [1.54, 1.807) is 0 Å². The van der Waals surface area contributed by atoms with Gasteiger partial charge < -0.3 is 49.5 Å². The van der Waals surface area contributed by atoms with Crippen LogP contribution >= 0.6 is 0 Å². The first-order valence-electron chi connectivity index (χ1n) is 18.7. The van der Waals surface area contributed by atoms with Crippen LogP contribution in [0.15, 0.2) is 130 Å². The number of anilines is 4. The van der Waals surface area contributed by atoms with Crippen molar-refractivity contribution in [1.82, 2.24) is 15.0 Å². The predicted octanol–water partition coefficient (Wildman–Crippen LogP) is -9.48. The van der Waals surface area contributed by atoms with E-state index in [-0.39, 0.29) is 198 Å². The number of rotatable bonds is 15. The third kappa shape index (κ3) is 15.9. The Morgan fingerprint density at radius 3 is 1.58 bits per heavy atom. The smallest absolute Gasteiger partial charge is 0.871 e. The zero-order valence-corrected chi connectivity index (χ0v) is 50.8. The van der Waals surface area contributed by atoms with Crippen molar-refractivity contribution in [1.29, 1.82) is 0 Å². The molecule has 7 rings (SSSR count). The molecular formula is C38H26CuN10Na4O17S4. The van der Waals surface area contributed by atoms with Gasteiger partial charge >= 0.3 is 135 Å². The second kappa shape index (κ2) is 26.9. The molecular weight excluding hydrogens is 1150 g/mol. The van der Waals surface area contributed by atoms with Gasteiger partial charge in [0.25, 0.3) is 15.7 Å². The summed E-state index contributed by atoms with van der Waals surface area (Å²) in [6.45, 7) is -0.600. The number of aromatic amines is 1. The molecule has 0 fully saturated rings. The van der Waals surface area contributed by atoms with E-state index in [0.717, 1.165) is 24.3 Å². The zero-order chi connectivity index (χ0) is 50.2. The molecule has 1 radical (unpaired) electrons. The van der Waals surface area contributed by atoms with E-state index in [4.69, 9.17) is 4.74 Å². The van der Waals surface area contributed by atoms with Gasteiger partial charge in [-0.25, -0.2) is 30.2 Å². The molecule has 369 valence electrons. The standard InChI is InChI=1S/C38H32N10O17S4.Cu.4Na/c1-65-22-4-8-26(29(16-22)67(56,57)58)45-47-32-30(68(59,60)61)14-18-12-20(2-6-24(18)34(32)51)40-37-42-36(39-10-11-49)43-38(44-37)41-21-3-7-25-19(13-21)15-31(69(62,63)64)33(35(25)52)48-46-27-17-23(66(53,54)55)5-9-28(27)50;;;;;/h2-9,12-17,49-52H,10-11H2,1H3,(H,53,54,55)(H,56,57,58)(H,59,60,61)(H,62,63,64)(H3,39,40,41,42,43,44);;;;;/q;+2;4*+1/p-6. The predicted molar refractivity (Wildman–Crippen MR) is 228 cm³/mol. The Kier molecular flexibility index (Phi) is 24.3. The van der Waals surface area contributed by atoms with Crippen molar-refractivity contribution in [3.8, 4) is 23.0 Å². The summed E-state index contributed by atoms with van der Waals surface area (Å²) in [6.07, 6.45) is 0. The van der Waals surface area contributed by atoms with Crippen LogP contribution in [0, 0.1) is 0 Å². The first-order valence-corrected chi connectivity index (χ1v) is 24.4. The second-order valence-corrected chi connectivity index (χ2v) is 19.3. The van der Waals surface area contributed by atoms with Gasteiger partial charge in [0.1, 0.15) is 46.7 Å². The number of aliphatic hydroxyl groups excluding tert-OH is 1.